The summed E-state index contributed by atoms with van der Waals surface area (Å²) in [6.07, 6.45) is 2.84. The van der Waals surface area contributed by atoms with Crippen molar-refractivity contribution in [2.45, 2.75) is 4.90 Å². The summed E-state index contributed by atoms with van der Waals surface area (Å²) in [6, 6.07) is 1.16. The molecule has 0 spiro atoms. The number of aldehydes is 1. The van der Waals surface area contributed by atoms with Crippen LogP contribution in [0.4, 0.5) is 0 Å². The van der Waals surface area contributed by atoms with Crippen LogP contribution in [0.25, 0.3) is 0 Å². The van der Waals surface area contributed by atoms with E-state index in [1.807, 2.05) is 0 Å². The Morgan fingerprint density at radius 3 is 2.58 bits per heavy atom. The van der Waals surface area contributed by atoms with E-state index in [-0.39, 0.29) is 10.5 Å². The normalized spacial score (nSPS) is 11.1. The summed E-state index contributed by atoms with van der Waals surface area (Å²) in [6.45, 7) is 0. The van der Waals surface area contributed by atoms with Gasteiger partial charge in [-0.1, -0.05) is 0 Å². The van der Waals surface area contributed by atoms with Gasteiger partial charge in [-0.3, -0.25) is 9.78 Å². The Morgan fingerprint density at radius 2 is 2.08 bits per heavy atom. The predicted octanol–water partition coefficient (Wildman–Crippen LogP) is -0.459. The number of hydrogen-bond donors (Lipinski definition) is 1. The fraction of sp³-hybridized carbons (Fsp3) is 0. The maximum Gasteiger partial charge on any atom is 0.239 e. The van der Waals surface area contributed by atoms with Crippen LogP contribution in [0.3, 0.4) is 0 Å². The van der Waals surface area contributed by atoms with E-state index < -0.39 is 10.0 Å². The first kappa shape index (κ1) is 8.82. The highest BCUT2D eigenvalue weighted by molar-refractivity contribution is 7.89. The number of sulfonamides is 1. The molecule has 1 rings (SSSR count). The molecule has 12 heavy (non-hydrogen) atoms. The molecular formula is C6H6N2O3S. The average molecular weight is 186 g/mol. The molecule has 0 saturated heterocycles. The van der Waals surface area contributed by atoms with Gasteiger partial charge in [0.25, 0.3) is 0 Å². The van der Waals surface area contributed by atoms with Crippen molar-refractivity contribution in [1.82, 2.24) is 4.98 Å². The van der Waals surface area contributed by atoms with Crippen LogP contribution >= 0.6 is 0 Å². The van der Waals surface area contributed by atoms with Crippen molar-refractivity contribution in [3.8, 4) is 0 Å². The van der Waals surface area contributed by atoms with Crippen molar-refractivity contribution in [2.24, 2.45) is 5.14 Å². The molecule has 0 aliphatic heterocycles. The quantitative estimate of drug-likeness (QED) is 0.633. The lowest BCUT2D eigenvalue weighted by molar-refractivity contribution is 0.112. The molecule has 0 bridgehead atoms. The summed E-state index contributed by atoms with van der Waals surface area (Å²) in [4.78, 5) is 13.6. The van der Waals surface area contributed by atoms with Gasteiger partial charge in [0.1, 0.15) is 4.90 Å². The van der Waals surface area contributed by atoms with Crippen LogP contribution in [-0.4, -0.2) is 19.7 Å². The summed E-state index contributed by atoms with van der Waals surface area (Å²) in [5.74, 6) is 0. The number of rotatable bonds is 2. The molecule has 64 valence electrons. The van der Waals surface area contributed by atoms with Crippen molar-refractivity contribution in [2.75, 3.05) is 0 Å². The highest BCUT2D eigenvalue weighted by Crippen LogP contribution is 2.05. The van der Waals surface area contributed by atoms with Crippen LogP contribution in [0.1, 0.15) is 10.4 Å². The van der Waals surface area contributed by atoms with Gasteiger partial charge in [-0.2, -0.15) is 0 Å². The van der Waals surface area contributed by atoms with E-state index >= 15 is 0 Å². The van der Waals surface area contributed by atoms with Crippen molar-refractivity contribution in [3.63, 3.8) is 0 Å². The number of nitrogens with two attached hydrogens (primary N) is 1. The van der Waals surface area contributed by atoms with Crippen LogP contribution < -0.4 is 5.14 Å². The van der Waals surface area contributed by atoms with Crippen LogP contribution in [0.2, 0.25) is 0 Å². The van der Waals surface area contributed by atoms with Gasteiger partial charge < -0.3 is 0 Å². The van der Waals surface area contributed by atoms with E-state index in [1.165, 1.54) is 6.20 Å². The Morgan fingerprint density at radius 1 is 1.42 bits per heavy atom. The lowest BCUT2D eigenvalue weighted by Gasteiger charge is -1.96. The van der Waals surface area contributed by atoms with Gasteiger partial charge >= 0.3 is 0 Å². The van der Waals surface area contributed by atoms with Gasteiger partial charge in [-0.25, -0.2) is 13.6 Å². The number of aromatic nitrogens is 1. The number of carbonyl (C=O) groups excluding carboxylic acids is 1. The molecule has 0 saturated carbocycles. The van der Waals surface area contributed by atoms with E-state index in [4.69, 9.17) is 5.14 Å². The number of hydrogen-bond acceptors (Lipinski definition) is 4. The van der Waals surface area contributed by atoms with Crippen molar-refractivity contribution in [3.05, 3.63) is 24.0 Å². The Hall–Kier alpha value is -1.27. The molecule has 0 amide bonds. The first-order valence-corrected chi connectivity index (χ1v) is 4.51. The van der Waals surface area contributed by atoms with Gasteiger partial charge in [0.2, 0.25) is 10.0 Å². The molecule has 2 N–H and O–H groups in total. The molecule has 0 atom stereocenters. The number of pyridine rings is 1. The van der Waals surface area contributed by atoms with Crippen molar-refractivity contribution < 1.29 is 13.2 Å². The van der Waals surface area contributed by atoms with Gasteiger partial charge in [0, 0.05) is 18.0 Å². The Balaban J connectivity index is 3.29. The highest BCUT2D eigenvalue weighted by atomic mass is 32.2. The zero-order valence-electron chi connectivity index (χ0n) is 5.97. The fourth-order valence-corrected chi connectivity index (χ4v) is 1.16. The average Bonchev–Trinajstić information content (AvgIpc) is 2.03. The number of carbonyl (C=O) groups is 1. The van der Waals surface area contributed by atoms with Crippen LogP contribution in [0.15, 0.2) is 23.4 Å². The van der Waals surface area contributed by atoms with E-state index in [9.17, 15) is 13.2 Å². The van der Waals surface area contributed by atoms with Crippen molar-refractivity contribution in [1.29, 1.82) is 0 Å². The zero-order chi connectivity index (χ0) is 9.19. The van der Waals surface area contributed by atoms with Crippen LogP contribution in [-0.2, 0) is 10.0 Å². The fourth-order valence-electron chi connectivity index (χ4n) is 0.656. The minimum absolute atomic E-state index is 0.160. The lowest BCUT2D eigenvalue weighted by Crippen LogP contribution is -2.12. The predicted molar refractivity (Wildman–Crippen MR) is 41.0 cm³/mol. The SMILES string of the molecule is NS(=O)(=O)c1cncc(C=O)c1. The molecule has 0 radical (unpaired) electrons. The molecule has 0 unspecified atom stereocenters. The second kappa shape index (κ2) is 3.00. The molecule has 1 aromatic heterocycles. The second-order valence-corrected chi connectivity index (χ2v) is 3.68. The molecule has 1 aromatic rings. The molecule has 5 nitrogen and oxygen atoms in total. The van der Waals surface area contributed by atoms with Gasteiger partial charge in [0.15, 0.2) is 6.29 Å². The summed E-state index contributed by atoms with van der Waals surface area (Å²) < 4.78 is 21.4. The molecule has 6 heteroatoms. The van der Waals surface area contributed by atoms with Gasteiger partial charge in [-0.05, 0) is 6.07 Å². The first-order chi connectivity index (χ1) is 5.54. The smallest absolute Gasteiger partial charge is 0.239 e. The summed E-state index contributed by atoms with van der Waals surface area (Å²) in [5.41, 5.74) is 0.182. The maximum atomic E-state index is 10.7. The molecule has 1 heterocycles. The van der Waals surface area contributed by atoms with E-state index in [1.54, 1.807) is 0 Å². The molecular weight excluding hydrogens is 180 g/mol. The zero-order valence-corrected chi connectivity index (χ0v) is 6.78. The minimum atomic E-state index is -3.76. The molecule has 0 aliphatic rings. The summed E-state index contributed by atoms with van der Waals surface area (Å²) in [5, 5.41) is 4.80. The number of nitrogens with zero attached hydrogens (tertiary/aromatic N) is 1. The van der Waals surface area contributed by atoms with Gasteiger partial charge in [0.05, 0.1) is 0 Å². The van der Waals surface area contributed by atoms with E-state index in [2.05, 4.69) is 4.98 Å². The monoisotopic (exact) mass is 186 g/mol. The van der Waals surface area contributed by atoms with E-state index in [0.29, 0.717) is 6.29 Å². The third kappa shape index (κ3) is 1.86. The second-order valence-electron chi connectivity index (χ2n) is 2.12. The summed E-state index contributed by atoms with van der Waals surface area (Å²) >= 11 is 0. The van der Waals surface area contributed by atoms with Crippen LogP contribution in [0.5, 0.6) is 0 Å². The highest BCUT2D eigenvalue weighted by Gasteiger charge is 2.07. The first-order valence-electron chi connectivity index (χ1n) is 2.97. The topological polar surface area (TPSA) is 90.1 Å². The molecule has 0 fully saturated rings. The molecule has 0 aliphatic carbocycles. The van der Waals surface area contributed by atoms with Gasteiger partial charge in [-0.15, -0.1) is 0 Å². The Kier molecular flexibility index (Phi) is 2.20. The molecule has 0 aromatic carbocycles. The third-order valence-electron chi connectivity index (χ3n) is 1.20. The standard InChI is InChI=1S/C6H6N2O3S/c7-12(10,11)6-1-5(4-9)2-8-3-6/h1-4H,(H2,7,10,11). The third-order valence-corrected chi connectivity index (χ3v) is 2.08. The Labute approximate surface area is 69.3 Å². The van der Waals surface area contributed by atoms with Crippen LogP contribution in [0, 0.1) is 0 Å². The number of primary sulfonamides is 1. The van der Waals surface area contributed by atoms with Crippen molar-refractivity contribution >= 4 is 16.3 Å². The largest absolute Gasteiger partial charge is 0.298 e. The lowest BCUT2D eigenvalue weighted by atomic mass is 10.3. The van der Waals surface area contributed by atoms with E-state index in [0.717, 1.165) is 12.3 Å². The minimum Gasteiger partial charge on any atom is -0.298 e. The Bertz CT molecular complexity index is 399. The summed E-state index contributed by atoms with van der Waals surface area (Å²) in [7, 11) is -3.76. The maximum absolute atomic E-state index is 10.7.